The molecule has 0 bridgehead atoms. The van der Waals surface area contributed by atoms with E-state index in [1.54, 1.807) is 6.92 Å². The van der Waals surface area contributed by atoms with Gasteiger partial charge in [-0.15, -0.1) is 4.09 Å². The molecule has 0 aliphatic carbocycles. The van der Waals surface area contributed by atoms with E-state index in [9.17, 15) is 12.3 Å². The van der Waals surface area contributed by atoms with E-state index in [4.69, 9.17) is 0 Å². The third kappa shape index (κ3) is 1.56. The minimum absolute atomic E-state index is 0.269. The molecule has 4 nitrogen and oxygen atoms in total. The lowest BCUT2D eigenvalue weighted by molar-refractivity contribution is 0.531. The van der Waals surface area contributed by atoms with Crippen LogP contribution in [0.3, 0.4) is 0 Å². The van der Waals surface area contributed by atoms with Crippen LogP contribution in [0.4, 0.5) is 3.89 Å². The summed E-state index contributed by atoms with van der Waals surface area (Å²) in [6.45, 7) is 3.06. The van der Waals surface area contributed by atoms with Crippen molar-refractivity contribution >= 4 is 10.4 Å². The molecule has 11 heavy (non-hydrogen) atoms. The van der Waals surface area contributed by atoms with Crippen LogP contribution >= 0.6 is 0 Å². The van der Waals surface area contributed by atoms with Gasteiger partial charge in [0.15, 0.2) is 0 Å². The maximum absolute atomic E-state index is 12.3. The number of nitrogens with zero attached hydrogens (tertiary/aromatic N) is 2. The van der Waals surface area contributed by atoms with Crippen LogP contribution in [-0.4, -0.2) is 17.6 Å². The average Bonchev–Trinajstić information content (AvgIpc) is 2.08. The quantitative estimate of drug-likeness (QED) is 0.590. The molecule has 0 spiro atoms. The van der Waals surface area contributed by atoms with E-state index in [0.29, 0.717) is 9.78 Å². The number of hydrogen-bond donors (Lipinski definition) is 0. The highest BCUT2D eigenvalue weighted by molar-refractivity contribution is 7.84. The highest BCUT2D eigenvalue weighted by Gasteiger charge is 2.14. The largest absolute Gasteiger partial charge is 0.418 e. The predicted octanol–water partition coefficient (Wildman–Crippen LogP) is 0.562. The molecule has 0 atom stereocenters. The van der Waals surface area contributed by atoms with Crippen LogP contribution < -0.4 is 0 Å². The van der Waals surface area contributed by atoms with Gasteiger partial charge in [-0.3, -0.25) is 0 Å². The maximum atomic E-state index is 12.3. The van der Waals surface area contributed by atoms with Gasteiger partial charge in [-0.2, -0.15) is 13.5 Å². The van der Waals surface area contributed by atoms with Gasteiger partial charge < -0.3 is 0 Å². The second-order valence-corrected chi connectivity index (χ2v) is 3.38. The summed E-state index contributed by atoms with van der Waals surface area (Å²) >= 11 is 0. The summed E-state index contributed by atoms with van der Waals surface area (Å²) in [5.41, 5.74) is 0.744. The monoisotopic (exact) mass is 178 g/mol. The number of rotatable bonds is 1. The first kappa shape index (κ1) is 8.19. The fourth-order valence-electron chi connectivity index (χ4n) is 0.829. The molecule has 1 aromatic rings. The molecule has 1 rings (SSSR count). The molecule has 0 unspecified atom stereocenters. The normalized spacial score (nSPS) is 11.9. The second kappa shape index (κ2) is 2.30. The Kier molecular flexibility index (Phi) is 1.71. The topological polar surface area (TPSA) is 52.0 Å². The lowest BCUT2D eigenvalue weighted by Gasteiger charge is -1.93. The van der Waals surface area contributed by atoms with Crippen molar-refractivity contribution in [2.45, 2.75) is 13.8 Å². The van der Waals surface area contributed by atoms with Crippen molar-refractivity contribution in [1.29, 1.82) is 0 Å². The summed E-state index contributed by atoms with van der Waals surface area (Å²) in [4.78, 5) is 0. The maximum Gasteiger partial charge on any atom is 0.418 e. The van der Waals surface area contributed by atoms with Crippen LogP contribution in [0.25, 0.3) is 0 Å². The Morgan fingerprint density at radius 1 is 1.55 bits per heavy atom. The van der Waals surface area contributed by atoms with Gasteiger partial charge in [0.25, 0.3) is 0 Å². The summed E-state index contributed by atoms with van der Waals surface area (Å²) in [5, 5.41) is 3.44. The van der Waals surface area contributed by atoms with Gasteiger partial charge in [0.2, 0.25) is 0 Å². The van der Waals surface area contributed by atoms with Crippen LogP contribution in [0.2, 0.25) is 0 Å². The second-order valence-electron chi connectivity index (χ2n) is 2.21. The third-order valence-corrected chi connectivity index (χ3v) is 1.96. The molecule has 1 heterocycles. The molecule has 1 aromatic heterocycles. The number of halogens is 1. The van der Waals surface area contributed by atoms with Crippen molar-refractivity contribution in [1.82, 2.24) is 9.19 Å². The van der Waals surface area contributed by atoms with Crippen molar-refractivity contribution in [3.63, 3.8) is 0 Å². The number of hydrogen-bond acceptors (Lipinski definition) is 3. The lowest BCUT2D eigenvalue weighted by atomic mass is 10.4. The molecule has 0 saturated carbocycles. The molecular formula is C5H7FN2O2S. The van der Waals surface area contributed by atoms with Gasteiger partial charge in [0.05, 0.1) is 11.4 Å². The number of aryl methyl sites for hydroxylation is 2. The summed E-state index contributed by atoms with van der Waals surface area (Å²) in [6.07, 6.45) is 0. The zero-order valence-corrected chi connectivity index (χ0v) is 6.89. The van der Waals surface area contributed by atoms with Gasteiger partial charge in [0.1, 0.15) is 0 Å². The molecule has 0 aliphatic rings. The van der Waals surface area contributed by atoms with Gasteiger partial charge in [-0.25, -0.2) is 0 Å². The van der Waals surface area contributed by atoms with E-state index in [1.807, 2.05) is 0 Å². The first-order chi connectivity index (χ1) is 4.91. The van der Waals surface area contributed by atoms with Gasteiger partial charge >= 0.3 is 10.4 Å². The third-order valence-electron chi connectivity index (χ3n) is 1.17. The zero-order chi connectivity index (χ0) is 8.65. The van der Waals surface area contributed by atoms with Crippen LogP contribution in [-0.2, 0) is 10.4 Å². The van der Waals surface area contributed by atoms with Crippen molar-refractivity contribution in [3.05, 3.63) is 17.5 Å². The molecule has 0 radical (unpaired) electrons. The first-order valence-corrected chi connectivity index (χ1v) is 4.24. The number of aromatic nitrogens is 2. The Hall–Kier alpha value is -0.910. The van der Waals surface area contributed by atoms with E-state index in [0.717, 1.165) is 0 Å². The van der Waals surface area contributed by atoms with Gasteiger partial charge in [-0.1, -0.05) is 3.89 Å². The molecule has 0 saturated heterocycles. The van der Waals surface area contributed by atoms with E-state index in [-0.39, 0.29) is 5.69 Å². The average molecular weight is 178 g/mol. The van der Waals surface area contributed by atoms with E-state index < -0.39 is 10.4 Å². The summed E-state index contributed by atoms with van der Waals surface area (Å²) in [5.74, 6) is 0. The molecule has 6 heteroatoms. The first-order valence-electron chi connectivity index (χ1n) is 2.89. The standard InChI is InChI=1S/C5H7FN2O2S/c1-4-3-5(2)8(7-4)11(6,9)10/h3H,1-2H3. The molecular weight excluding hydrogens is 171 g/mol. The SMILES string of the molecule is Cc1cc(C)n(S(=O)(=O)F)n1. The van der Waals surface area contributed by atoms with E-state index in [1.165, 1.54) is 13.0 Å². The fraction of sp³-hybridized carbons (Fsp3) is 0.400. The van der Waals surface area contributed by atoms with Gasteiger partial charge in [-0.05, 0) is 19.9 Å². The lowest BCUT2D eigenvalue weighted by Crippen LogP contribution is -2.09. The van der Waals surface area contributed by atoms with Crippen LogP contribution in [0.1, 0.15) is 11.4 Å². The van der Waals surface area contributed by atoms with Crippen molar-refractivity contribution in [2.24, 2.45) is 0 Å². The van der Waals surface area contributed by atoms with Crippen molar-refractivity contribution in [2.75, 3.05) is 0 Å². The molecule has 0 aromatic carbocycles. The van der Waals surface area contributed by atoms with Crippen LogP contribution in [0.5, 0.6) is 0 Å². The molecule has 0 aliphatic heterocycles. The Morgan fingerprint density at radius 2 is 2.09 bits per heavy atom. The van der Waals surface area contributed by atoms with E-state index in [2.05, 4.69) is 5.10 Å². The highest BCUT2D eigenvalue weighted by atomic mass is 32.3. The Balaban J connectivity index is 3.36. The van der Waals surface area contributed by atoms with Crippen molar-refractivity contribution in [3.8, 4) is 0 Å². The van der Waals surface area contributed by atoms with Crippen LogP contribution in [0.15, 0.2) is 6.07 Å². The van der Waals surface area contributed by atoms with Crippen molar-refractivity contribution < 1.29 is 12.3 Å². The molecule has 62 valence electrons. The zero-order valence-electron chi connectivity index (χ0n) is 6.07. The minimum atomic E-state index is -4.71. The highest BCUT2D eigenvalue weighted by Crippen LogP contribution is 2.05. The van der Waals surface area contributed by atoms with Crippen LogP contribution in [0, 0.1) is 13.8 Å². The smallest absolute Gasteiger partial charge is 0.170 e. The van der Waals surface area contributed by atoms with E-state index >= 15 is 0 Å². The summed E-state index contributed by atoms with van der Waals surface area (Å²) < 4.78 is 33.2. The Labute approximate surface area is 64.0 Å². The molecule has 0 fully saturated rings. The Bertz CT molecular complexity index is 368. The molecule has 0 amide bonds. The fourth-order valence-corrected chi connectivity index (χ4v) is 1.45. The predicted molar refractivity (Wildman–Crippen MR) is 37.1 cm³/mol. The van der Waals surface area contributed by atoms with Gasteiger partial charge in [0, 0.05) is 0 Å². The summed E-state index contributed by atoms with van der Waals surface area (Å²) in [7, 11) is -4.71. The molecule has 0 N–H and O–H groups in total. The summed E-state index contributed by atoms with van der Waals surface area (Å²) in [6, 6.07) is 1.48. The minimum Gasteiger partial charge on any atom is -0.170 e. The Morgan fingerprint density at radius 3 is 2.27 bits per heavy atom.